The molecule has 0 amide bonds. The molecule has 6 nitrogen and oxygen atoms in total. The number of benzene rings is 2. The molecule has 0 saturated carbocycles. The Morgan fingerprint density at radius 3 is 2.84 bits per heavy atom. The van der Waals surface area contributed by atoms with Crippen LogP contribution in [0.5, 0.6) is 5.75 Å². The van der Waals surface area contributed by atoms with Gasteiger partial charge in [0.05, 0.1) is 19.8 Å². The highest BCUT2D eigenvalue weighted by Crippen LogP contribution is 2.18. The number of aliphatic imine (C=N–C) groups is 1. The largest absolute Gasteiger partial charge is 0.491 e. The van der Waals surface area contributed by atoms with Gasteiger partial charge in [-0.2, -0.15) is 0 Å². The lowest BCUT2D eigenvalue weighted by atomic mass is 10.1. The summed E-state index contributed by atoms with van der Waals surface area (Å²) < 4.78 is 11.6. The molecule has 2 aromatic rings. The van der Waals surface area contributed by atoms with Crippen molar-refractivity contribution < 1.29 is 14.6 Å². The molecule has 3 rings (SSSR count). The number of ether oxygens (including phenoxy) is 2. The first kappa shape index (κ1) is 23.1. The number of rotatable bonds is 10. The van der Waals surface area contributed by atoms with E-state index >= 15 is 0 Å². The third-order valence-electron chi connectivity index (χ3n) is 5.27. The molecule has 2 N–H and O–H groups in total. The third-order valence-corrected chi connectivity index (χ3v) is 5.27. The number of nitrogens with zero attached hydrogens (tertiary/aromatic N) is 2. The van der Waals surface area contributed by atoms with Crippen molar-refractivity contribution in [2.45, 2.75) is 33.0 Å². The van der Waals surface area contributed by atoms with Crippen molar-refractivity contribution in [1.82, 2.24) is 10.2 Å². The highest BCUT2D eigenvalue weighted by atomic mass is 16.5. The first-order chi connectivity index (χ1) is 15.1. The summed E-state index contributed by atoms with van der Waals surface area (Å²) in [6.45, 7) is 8.66. The molecule has 0 bridgehead atoms. The number of aliphatic hydroxyl groups excluding tert-OH is 1. The van der Waals surface area contributed by atoms with Crippen LogP contribution >= 0.6 is 0 Å². The van der Waals surface area contributed by atoms with Gasteiger partial charge in [-0.15, -0.1) is 0 Å². The molecule has 1 fully saturated rings. The quantitative estimate of drug-likeness (QED) is 0.452. The van der Waals surface area contributed by atoms with Crippen LogP contribution in [0.2, 0.25) is 0 Å². The number of hydrogen-bond donors (Lipinski definition) is 2. The molecule has 1 saturated heterocycles. The minimum Gasteiger partial charge on any atom is -0.491 e. The van der Waals surface area contributed by atoms with Crippen LogP contribution < -0.4 is 10.1 Å². The monoisotopic (exact) mass is 425 g/mol. The third kappa shape index (κ3) is 7.89. The Morgan fingerprint density at radius 1 is 1.23 bits per heavy atom. The van der Waals surface area contributed by atoms with E-state index in [1.807, 2.05) is 49.4 Å². The van der Waals surface area contributed by atoms with Gasteiger partial charge >= 0.3 is 0 Å². The zero-order valence-electron chi connectivity index (χ0n) is 18.7. The highest BCUT2D eigenvalue weighted by Gasteiger charge is 2.25. The van der Waals surface area contributed by atoms with E-state index in [2.05, 4.69) is 34.3 Å². The Labute approximate surface area is 185 Å². The van der Waals surface area contributed by atoms with Crippen molar-refractivity contribution in [1.29, 1.82) is 0 Å². The fraction of sp³-hybridized carbons (Fsp3) is 0.480. The molecule has 1 heterocycles. The molecule has 0 spiro atoms. The van der Waals surface area contributed by atoms with Crippen molar-refractivity contribution in [3.8, 4) is 5.75 Å². The Balaban J connectivity index is 1.43. The van der Waals surface area contributed by atoms with Crippen LogP contribution in [-0.4, -0.2) is 61.5 Å². The number of aliphatic hydroxyl groups is 1. The van der Waals surface area contributed by atoms with Gasteiger partial charge < -0.3 is 24.8 Å². The lowest BCUT2D eigenvalue weighted by Gasteiger charge is -2.22. The zero-order valence-corrected chi connectivity index (χ0v) is 18.7. The van der Waals surface area contributed by atoms with Gasteiger partial charge in [0.25, 0.3) is 0 Å². The van der Waals surface area contributed by atoms with Crippen LogP contribution in [0.25, 0.3) is 0 Å². The lowest BCUT2D eigenvalue weighted by Crippen LogP contribution is -2.41. The lowest BCUT2D eigenvalue weighted by molar-refractivity contribution is 0.0906. The van der Waals surface area contributed by atoms with Gasteiger partial charge in [-0.1, -0.05) is 42.5 Å². The average molecular weight is 426 g/mol. The smallest absolute Gasteiger partial charge is 0.194 e. The van der Waals surface area contributed by atoms with Gasteiger partial charge in [0.15, 0.2) is 5.96 Å². The average Bonchev–Trinajstić information content (AvgIpc) is 3.25. The van der Waals surface area contributed by atoms with Crippen molar-refractivity contribution >= 4 is 5.96 Å². The van der Waals surface area contributed by atoms with Gasteiger partial charge in [-0.05, 0) is 43.5 Å². The first-order valence-electron chi connectivity index (χ1n) is 11.2. The molecule has 6 heteroatoms. The van der Waals surface area contributed by atoms with Crippen LogP contribution in [-0.2, 0) is 11.3 Å². The SMILES string of the molecule is CCNC(=NCC(O)COc1cccc(C)c1)N1CCC(COCc2ccccc2)C1. The fourth-order valence-corrected chi connectivity index (χ4v) is 3.65. The molecule has 31 heavy (non-hydrogen) atoms. The second kappa shape index (κ2) is 12.3. The highest BCUT2D eigenvalue weighted by molar-refractivity contribution is 5.80. The van der Waals surface area contributed by atoms with E-state index in [1.165, 1.54) is 5.56 Å². The van der Waals surface area contributed by atoms with Crippen molar-refractivity contribution in [2.24, 2.45) is 10.9 Å². The van der Waals surface area contributed by atoms with Crippen LogP contribution in [0.1, 0.15) is 24.5 Å². The summed E-state index contributed by atoms with van der Waals surface area (Å²) in [6.07, 6.45) is 0.430. The minimum absolute atomic E-state index is 0.225. The van der Waals surface area contributed by atoms with Crippen LogP contribution in [0.15, 0.2) is 59.6 Å². The molecule has 168 valence electrons. The second-order valence-corrected chi connectivity index (χ2v) is 8.08. The van der Waals surface area contributed by atoms with Crippen molar-refractivity contribution in [3.05, 3.63) is 65.7 Å². The minimum atomic E-state index is -0.651. The van der Waals surface area contributed by atoms with Crippen molar-refractivity contribution in [3.63, 3.8) is 0 Å². The fourth-order valence-electron chi connectivity index (χ4n) is 3.65. The molecule has 1 aliphatic rings. The van der Waals surface area contributed by atoms with Gasteiger partial charge in [0.1, 0.15) is 18.5 Å². The van der Waals surface area contributed by atoms with Gasteiger partial charge in [-0.3, -0.25) is 4.99 Å². The molecule has 0 aromatic heterocycles. The molecule has 2 unspecified atom stereocenters. The van der Waals surface area contributed by atoms with Crippen LogP contribution in [0.3, 0.4) is 0 Å². The predicted octanol–water partition coefficient (Wildman–Crippen LogP) is 3.24. The Kier molecular flexibility index (Phi) is 9.18. The number of aryl methyl sites for hydroxylation is 1. The second-order valence-electron chi connectivity index (χ2n) is 8.08. The summed E-state index contributed by atoms with van der Waals surface area (Å²) in [6, 6.07) is 18.1. The molecule has 0 radical (unpaired) electrons. The van der Waals surface area contributed by atoms with E-state index in [0.29, 0.717) is 19.1 Å². The first-order valence-corrected chi connectivity index (χ1v) is 11.2. The van der Waals surface area contributed by atoms with E-state index in [0.717, 1.165) is 49.9 Å². The number of guanidine groups is 1. The summed E-state index contributed by atoms with van der Waals surface area (Å²) in [5, 5.41) is 13.7. The van der Waals surface area contributed by atoms with Crippen molar-refractivity contribution in [2.75, 3.05) is 39.4 Å². The van der Waals surface area contributed by atoms with E-state index < -0.39 is 6.10 Å². The molecule has 1 aliphatic heterocycles. The van der Waals surface area contributed by atoms with Crippen LogP contribution in [0.4, 0.5) is 0 Å². The zero-order chi connectivity index (χ0) is 21.9. The molecule has 0 aliphatic carbocycles. The number of likely N-dealkylation sites (tertiary alicyclic amines) is 1. The van der Waals surface area contributed by atoms with Gasteiger partial charge in [-0.25, -0.2) is 0 Å². The van der Waals surface area contributed by atoms with E-state index in [-0.39, 0.29) is 6.61 Å². The summed E-state index contributed by atoms with van der Waals surface area (Å²) in [7, 11) is 0. The van der Waals surface area contributed by atoms with E-state index in [9.17, 15) is 5.11 Å². The summed E-state index contributed by atoms with van der Waals surface area (Å²) in [4.78, 5) is 6.91. The Morgan fingerprint density at radius 2 is 2.06 bits per heavy atom. The molecule has 2 atom stereocenters. The number of hydrogen-bond acceptors (Lipinski definition) is 4. The van der Waals surface area contributed by atoms with E-state index in [1.54, 1.807) is 0 Å². The normalized spacial score (nSPS) is 17.6. The summed E-state index contributed by atoms with van der Waals surface area (Å²) >= 11 is 0. The van der Waals surface area contributed by atoms with Crippen LogP contribution in [0, 0.1) is 12.8 Å². The topological polar surface area (TPSA) is 66.3 Å². The summed E-state index contributed by atoms with van der Waals surface area (Å²) in [5.41, 5.74) is 2.34. The van der Waals surface area contributed by atoms with Gasteiger partial charge in [0, 0.05) is 25.6 Å². The van der Waals surface area contributed by atoms with E-state index in [4.69, 9.17) is 9.47 Å². The maximum absolute atomic E-state index is 10.3. The predicted molar refractivity (Wildman–Crippen MR) is 124 cm³/mol. The number of nitrogens with one attached hydrogen (secondary N) is 1. The Hall–Kier alpha value is -2.57. The molecular weight excluding hydrogens is 390 g/mol. The molecular formula is C25H35N3O3. The Bertz CT molecular complexity index is 813. The maximum Gasteiger partial charge on any atom is 0.194 e. The van der Waals surface area contributed by atoms with Gasteiger partial charge in [0.2, 0.25) is 0 Å². The standard InChI is InChI=1S/C25H35N3O3/c1-3-26-25(27-15-23(29)19-31-24-11-7-8-20(2)14-24)28-13-12-22(16-28)18-30-17-21-9-5-4-6-10-21/h4-11,14,22-23,29H,3,12-13,15-19H2,1-2H3,(H,26,27). The summed E-state index contributed by atoms with van der Waals surface area (Å²) in [5.74, 6) is 2.11. The molecule has 2 aromatic carbocycles. The maximum atomic E-state index is 10.3.